The van der Waals surface area contributed by atoms with Gasteiger partial charge in [-0.1, -0.05) is 380 Å². The van der Waals surface area contributed by atoms with E-state index in [-0.39, 0.29) is 31.1 Å². The molecule has 0 aromatic carbocycles. The van der Waals surface area contributed by atoms with Gasteiger partial charge in [-0.25, -0.2) is 0 Å². The van der Waals surface area contributed by atoms with Gasteiger partial charge in [-0.15, -0.1) is 0 Å². The van der Waals surface area contributed by atoms with Crippen LogP contribution < -0.4 is 0 Å². The largest absolute Gasteiger partial charge is 0.462 e. The van der Waals surface area contributed by atoms with Crippen LogP contribution in [0.3, 0.4) is 0 Å². The van der Waals surface area contributed by atoms with Crippen LogP contribution in [0.15, 0.2) is 0 Å². The number of ether oxygens (including phenoxy) is 3. The first-order valence-corrected chi connectivity index (χ1v) is 35.5. The average Bonchev–Trinajstić information content (AvgIpc) is 3.43. The highest BCUT2D eigenvalue weighted by Gasteiger charge is 2.19. The maximum absolute atomic E-state index is 12.9. The van der Waals surface area contributed by atoms with Gasteiger partial charge < -0.3 is 14.2 Å². The third kappa shape index (κ3) is 65.1. The van der Waals surface area contributed by atoms with E-state index < -0.39 is 6.10 Å². The summed E-state index contributed by atoms with van der Waals surface area (Å²) >= 11 is 0. The molecule has 0 aliphatic carbocycles. The standard InChI is InChI=1S/C71H138O6/c1-4-7-10-13-16-19-22-24-26-28-29-30-31-32-33-34-35-36-37-38-39-40-41-43-44-46-49-52-55-58-61-64-70(73)76-67-68(66-75-69(72)63-60-57-54-51-48-21-18-15-12-9-6-3)77-71(74)65-62-59-56-53-50-47-45-42-27-25-23-20-17-14-11-8-5-2/h68H,4-67H2,1-3H3. The Morgan fingerprint density at radius 1 is 0.208 bits per heavy atom. The van der Waals surface area contributed by atoms with Gasteiger partial charge in [0.15, 0.2) is 6.10 Å². The lowest BCUT2D eigenvalue weighted by atomic mass is 10.0. The monoisotopic (exact) mass is 1090 g/mol. The number of hydrogen-bond donors (Lipinski definition) is 0. The molecule has 0 heterocycles. The average molecular weight is 1090 g/mol. The fourth-order valence-electron chi connectivity index (χ4n) is 11.3. The molecule has 0 aliphatic rings. The minimum absolute atomic E-state index is 0.0606. The second kappa shape index (κ2) is 66.9. The number of rotatable bonds is 67. The number of carbonyl (C=O) groups excluding carboxylic acids is 3. The normalized spacial score (nSPS) is 11.9. The van der Waals surface area contributed by atoms with Gasteiger partial charge in [0, 0.05) is 19.3 Å². The fraction of sp³-hybridized carbons (Fsp3) is 0.958. The van der Waals surface area contributed by atoms with Crippen molar-refractivity contribution in [2.75, 3.05) is 13.2 Å². The zero-order chi connectivity index (χ0) is 55.7. The Kier molecular flexibility index (Phi) is 65.5. The summed E-state index contributed by atoms with van der Waals surface area (Å²) in [6.07, 6.45) is 78.7. The van der Waals surface area contributed by atoms with Crippen molar-refractivity contribution in [3.05, 3.63) is 0 Å². The molecule has 0 saturated heterocycles. The van der Waals surface area contributed by atoms with Gasteiger partial charge in [-0.3, -0.25) is 14.4 Å². The zero-order valence-corrected chi connectivity index (χ0v) is 52.8. The van der Waals surface area contributed by atoms with Crippen molar-refractivity contribution in [3.8, 4) is 0 Å². The fourth-order valence-corrected chi connectivity index (χ4v) is 11.3. The summed E-state index contributed by atoms with van der Waals surface area (Å²) in [6.45, 7) is 6.73. The summed E-state index contributed by atoms with van der Waals surface area (Å²) in [6, 6.07) is 0. The molecule has 0 saturated carbocycles. The molecule has 0 N–H and O–H groups in total. The first-order valence-electron chi connectivity index (χ1n) is 35.5. The van der Waals surface area contributed by atoms with Crippen LogP contribution >= 0.6 is 0 Å². The molecule has 1 atom stereocenters. The van der Waals surface area contributed by atoms with Crippen molar-refractivity contribution < 1.29 is 28.6 Å². The van der Waals surface area contributed by atoms with Gasteiger partial charge in [0.2, 0.25) is 0 Å². The van der Waals surface area contributed by atoms with Crippen LogP contribution in [-0.2, 0) is 28.6 Å². The van der Waals surface area contributed by atoms with Gasteiger partial charge in [0.1, 0.15) is 13.2 Å². The lowest BCUT2D eigenvalue weighted by molar-refractivity contribution is -0.167. The second-order valence-corrected chi connectivity index (χ2v) is 24.5. The third-order valence-corrected chi connectivity index (χ3v) is 16.6. The minimum atomic E-state index is -0.762. The summed E-state index contributed by atoms with van der Waals surface area (Å²) in [5.41, 5.74) is 0. The molecule has 0 spiro atoms. The molecule has 0 aliphatic heterocycles. The van der Waals surface area contributed by atoms with Crippen molar-refractivity contribution in [2.24, 2.45) is 0 Å². The second-order valence-electron chi connectivity index (χ2n) is 24.5. The summed E-state index contributed by atoms with van der Waals surface area (Å²) in [5.74, 6) is -0.825. The van der Waals surface area contributed by atoms with E-state index >= 15 is 0 Å². The van der Waals surface area contributed by atoms with Gasteiger partial charge in [-0.05, 0) is 19.3 Å². The summed E-state index contributed by atoms with van der Waals surface area (Å²) < 4.78 is 17.0. The Balaban J connectivity index is 4.05. The highest BCUT2D eigenvalue weighted by molar-refractivity contribution is 5.71. The molecule has 0 radical (unpaired) electrons. The molecular formula is C71H138O6. The molecule has 6 nitrogen and oxygen atoms in total. The molecule has 6 heteroatoms. The molecule has 0 aromatic rings. The third-order valence-electron chi connectivity index (χ3n) is 16.6. The van der Waals surface area contributed by atoms with Gasteiger partial charge in [-0.2, -0.15) is 0 Å². The predicted octanol–water partition coefficient (Wildman–Crippen LogP) is 24.2. The highest BCUT2D eigenvalue weighted by Crippen LogP contribution is 2.19. The topological polar surface area (TPSA) is 78.9 Å². The highest BCUT2D eigenvalue weighted by atomic mass is 16.6. The zero-order valence-electron chi connectivity index (χ0n) is 52.8. The summed E-state index contributed by atoms with van der Waals surface area (Å²) in [5, 5.41) is 0. The van der Waals surface area contributed by atoms with Crippen LogP contribution in [0.1, 0.15) is 419 Å². The van der Waals surface area contributed by atoms with Crippen molar-refractivity contribution in [3.63, 3.8) is 0 Å². The first kappa shape index (κ1) is 75.4. The Morgan fingerprint density at radius 3 is 0.519 bits per heavy atom. The van der Waals surface area contributed by atoms with E-state index in [1.54, 1.807) is 0 Å². The first-order chi connectivity index (χ1) is 38.0. The maximum Gasteiger partial charge on any atom is 0.306 e. The molecule has 1 unspecified atom stereocenters. The molecule has 458 valence electrons. The van der Waals surface area contributed by atoms with Gasteiger partial charge in [0.05, 0.1) is 0 Å². The Morgan fingerprint density at radius 2 is 0.351 bits per heavy atom. The van der Waals surface area contributed by atoms with E-state index in [1.807, 2.05) is 0 Å². The van der Waals surface area contributed by atoms with Crippen molar-refractivity contribution >= 4 is 17.9 Å². The lowest BCUT2D eigenvalue weighted by Gasteiger charge is -2.18. The SMILES string of the molecule is CCCCCCCCCCCCCCCCCCCCCCCCCCCCCCCCCC(=O)OCC(COC(=O)CCCCCCCCCCCCC)OC(=O)CCCCCCCCCCCCCCCCCCC. The van der Waals surface area contributed by atoms with Crippen molar-refractivity contribution in [2.45, 2.75) is 425 Å². The number of carbonyl (C=O) groups is 3. The Bertz CT molecular complexity index is 1160. The molecular weight excluding hydrogens is 949 g/mol. The summed E-state index contributed by atoms with van der Waals surface area (Å²) in [4.78, 5) is 38.3. The number of esters is 3. The Hall–Kier alpha value is -1.59. The van der Waals surface area contributed by atoms with Gasteiger partial charge in [0.25, 0.3) is 0 Å². The van der Waals surface area contributed by atoms with E-state index in [2.05, 4.69) is 20.8 Å². The minimum Gasteiger partial charge on any atom is -0.462 e. The van der Waals surface area contributed by atoms with E-state index in [1.165, 1.54) is 321 Å². The molecule has 0 aromatic heterocycles. The Labute approximate surface area is 482 Å². The van der Waals surface area contributed by atoms with E-state index in [0.29, 0.717) is 19.3 Å². The maximum atomic E-state index is 12.9. The van der Waals surface area contributed by atoms with Gasteiger partial charge >= 0.3 is 17.9 Å². The van der Waals surface area contributed by atoms with Crippen LogP contribution in [0.5, 0.6) is 0 Å². The van der Waals surface area contributed by atoms with E-state index in [9.17, 15) is 14.4 Å². The predicted molar refractivity (Wildman–Crippen MR) is 335 cm³/mol. The van der Waals surface area contributed by atoms with Crippen LogP contribution in [-0.4, -0.2) is 37.2 Å². The smallest absolute Gasteiger partial charge is 0.306 e. The van der Waals surface area contributed by atoms with Crippen molar-refractivity contribution in [1.82, 2.24) is 0 Å². The molecule has 0 fully saturated rings. The van der Waals surface area contributed by atoms with Crippen LogP contribution in [0.2, 0.25) is 0 Å². The summed E-state index contributed by atoms with van der Waals surface area (Å²) in [7, 11) is 0. The molecule has 0 amide bonds. The lowest BCUT2D eigenvalue weighted by Crippen LogP contribution is -2.30. The van der Waals surface area contributed by atoms with Crippen molar-refractivity contribution in [1.29, 1.82) is 0 Å². The van der Waals surface area contributed by atoms with E-state index in [0.717, 1.165) is 57.8 Å². The molecule has 77 heavy (non-hydrogen) atoms. The molecule has 0 bridgehead atoms. The molecule has 0 rings (SSSR count). The number of hydrogen-bond acceptors (Lipinski definition) is 6. The van der Waals surface area contributed by atoms with Crippen LogP contribution in [0.25, 0.3) is 0 Å². The van der Waals surface area contributed by atoms with E-state index in [4.69, 9.17) is 14.2 Å². The van der Waals surface area contributed by atoms with Crippen LogP contribution in [0.4, 0.5) is 0 Å². The quantitative estimate of drug-likeness (QED) is 0.0343. The van der Waals surface area contributed by atoms with Crippen LogP contribution in [0, 0.1) is 0 Å². The number of unbranched alkanes of at least 4 members (excludes halogenated alkanes) is 56.